The smallest absolute Gasteiger partial charge is 0.289 e. The molecule has 0 fully saturated rings. The first-order valence-corrected chi connectivity index (χ1v) is 10.8. The lowest BCUT2D eigenvalue weighted by Crippen LogP contribution is -2.18. The molecule has 0 atom stereocenters. The molecule has 35 heavy (non-hydrogen) atoms. The fraction of sp³-hybridized carbons (Fsp3) is 0.200. The summed E-state index contributed by atoms with van der Waals surface area (Å²) in [5.74, 6) is 1.01. The van der Waals surface area contributed by atoms with Gasteiger partial charge in [-0.25, -0.2) is 10.1 Å². The summed E-state index contributed by atoms with van der Waals surface area (Å²) >= 11 is 0. The van der Waals surface area contributed by atoms with Gasteiger partial charge in [-0.05, 0) is 44.2 Å². The van der Waals surface area contributed by atoms with Crippen molar-refractivity contribution in [1.29, 1.82) is 0 Å². The Morgan fingerprint density at radius 3 is 2.34 bits per heavy atom. The Balaban J connectivity index is 1.51. The summed E-state index contributed by atoms with van der Waals surface area (Å²) in [7, 11) is 4.59. The van der Waals surface area contributed by atoms with Crippen LogP contribution in [0.1, 0.15) is 27.4 Å². The lowest BCUT2D eigenvalue weighted by atomic mass is 10.1. The number of nitrogens with one attached hydrogen (secondary N) is 2. The van der Waals surface area contributed by atoms with Gasteiger partial charge in [0.05, 0.1) is 50.3 Å². The minimum atomic E-state index is -0.432. The van der Waals surface area contributed by atoms with E-state index in [9.17, 15) is 4.79 Å². The number of hydrogen-bond acceptors (Lipinski definition) is 7. The van der Waals surface area contributed by atoms with E-state index in [1.807, 2.05) is 48.9 Å². The van der Waals surface area contributed by atoms with E-state index in [2.05, 4.69) is 25.8 Å². The van der Waals surface area contributed by atoms with Gasteiger partial charge in [0, 0.05) is 11.1 Å². The molecule has 180 valence electrons. The molecule has 10 nitrogen and oxygen atoms in total. The van der Waals surface area contributed by atoms with Crippen LogP contribution in [-0.2, 0) is 0 Å². The van der Waals surface area contributed by atoms with Crippen molar-refractivity contribution < 1.29 is 19.0 Å². The molecule has 4 aromatic rings. The first kappa shape index (κ1) is 23.6. The molecular weight excluding hydrogens is 448 g/mol. The van der Waals surface area contributed by atoms with Gasteiger partial charge < -0.3 is 14.2 Å². The van der Waals surface area contributed by atoms with Gasteiger partial charge in [-0.2, -0.15) is 15.3 Å². The molecule has 0 saturated heterocycles. The van der Waals surface area contributed by atoms with Crippen molar-refractivity contribution in [1.82, 2.24) is 25.4 Å². The number of benzene rings is 2. The van der Waals surface area contributed by atoms with Crippen molar-refractivity contribution in [2.45, 2.75) is 13.8 Å². The fourth-order valence-corrected chi connectivity index (χ4v) is 3.80. The van der Waals surface area contributed by atoms with E-state index in [1.54, 1.807) is 18.2 Å². The number of H-pyrrole nitrogens is 1. The SMILES string of the molecule is COc1cc(/C=N\NC(=O)c2cc(-c3c(C)nn(-c4ccccc4)c3C)n[nH]2)cc(OC)c1OC. The average Bonchev–Trinajstić information content (AvgIpc) is 3.47. The summed E-state index contributed by atoms with van der Waals surface area (Å²) in [5, 5.41) is 15.8. The highest BCUT2D eigenvalue weighted by Crippen LogP contribution is 2.37. The highest BCUT2D eigenvalue weighted by Gasteiger charge is 2.19. The predicted molar refractivity (Wildman–Crippen MR) is 132 cm³/mol. The molecule has 2 aromatic heterocycles. The third-order valence-corrected chi connectivity index (χ3v) is 5.44. The summed E-state index contributed by atoms with van der Waals surface area (Å²) in [6.07, 6.45) is 1.48. The van der Waals surface area contributed by atoms with Crippen molar-refractivity contribution in [3.8, 4) is 34.2 Å². The van der Waals surface area contributed by atoms with Crippen LogP contribution in [0, 0.1) is 13.8 Å². The maximum absolute atomic E-state index is 12.6. The summed E-state index contributed by atoms with van der Waals surface area (Å²) in [6.45, 7) is 3.89. The van der Waals surface area contributed by atoms with E-state index < -0.39 is 5.91 Å². The molecule has 0 saturated carbocycles. The summed E-state index contributed by atoms with van der Waals surface area (Å²) in [4.78, 5) is 12.6. The number of para-hydroxylation sites is 1. The number of aromatic nitrogens is 4. The van der Waals surface area contributed by atoms with Gasteiger partial charge in [-0.1, -0.05) is 18.2 Å². The number of ether oxygens (including phenoxy) is 3. The Hall–Kier alpha value is -4.60. The van der Waals surface area contributed by atoms with Crippen molar-refractivity contribution >= 4 is 12.1 Å². The van der Waals surface area contributed by atoms with E-state index >= 15 is 0 Å². The summed E-state index contributed by atoms with van der Waals surface area (Å²) < 4.78 is 17.8. The maximum atomic E-state index is 12.6. The average molecular weight is 475 g/mol. The van der Waals surface area contributed by atoms with Crippen LogP contribution in [0.2, 0.25) is 0 Å². The topological polar surface area (TPSA) is 116 Å². The Morgan fingerprint density at radius 1 is 1.03 bits per heavy atom. The number of nitrogens with zero attached hydrogens (tertiary/aromatic N) is 4. The van der Waals surface area contributed by atoms with E-state index in [4.69, 9.17) is 14.2 Å². The fourth-order valence-electron chi connectivity index (χ4n) is 3.80. The number of hydrogen-bond donors (Lipinski definition) is 2. The molecule has 0 aliphatic heterocycles. The zero-order chi connectivity index (χ0) is 24.9. The molecule has 0 bridgehead atoms. The van der Waals surface area contributed by atoms with Crippen LogP contribution in [0.25, 0.3) is 16.9 Å². The van der Waals surface area contributed by atoms with Gasteiger partial charge in [0.2, 0.25) is 5.75 Å². The van der Waals surface area contributed by atoms with Crippen LogP contribution in [0.5, 0.6) is 17.2 Å². The van der Waals surface area contributed by atoms with E-state index in [0.29, 0.717) is 28.5 Å². The first-order chi connectivity index (χ1) is 17.0. The Bertz CT molecular complexity index is 1350. The molecule has 4 rings (SSSR count). The number of methoxy groups -OCH3 is 3. The Morgan fingerprint density at radius 2 is 1.71 bits per heavy atom. The standard InChI is InChI=1S/C25H26N6O4/c1-15-23(16(2)31(30-15)18-9-7-6-8-10-18)19-13-20(28-27-19)25(32)29-26-14-17-11-21(33-3)24(35-5)22(12-17)34-4/h6-14H,1-5H3,(H,27,28)(H,29,32)/b26-14-. The quantitative estimate of drug-likeness (QED) is 0.297. The monoisotopic (exact) mass is 474 g/mol. The second-order valence-electron chi connectivity index (χ2n) is 7.62. The second-order valence-corrected chi connectivity index (χ2v) is 7.62. The molecule has 0 aliphatic rings. The second kappa shape index (κ2) is 10.1. The number of carbonyl (C=O) groups excluding carboxylic acids is 1. The first-order valence-electron chi connectivity index (χ1n) is 10.8. The highest BCUT2D eigenvalue weighted by atomic mass is 16.5. The molecule has 2 N–H and O–H groups in total. The van der Waals surface area contributed by atoms with E-state index in [0.717, 1.165) is 22.6 Å². The van der Waals surface area contributed by atoms with Gasteiger partial charge in [-0.3, -0.25) is 9.89 Å². The van der Waals surface area contributed by atoms with Crippen molar-refractivity contribution in [2.24, 2.45) is 5.10 Å². The number of aryl methyl sites for hydroxylation is 1. The van der Waals surface area contributed by atoms with Crippen molar-refractivity contribution in [3.05, 3.63) is 71.2 Å². The third-order valence-electron chi connectivity index (χ3n) is 5.44. The number of amides is 1. The van der Waals surface area contributed by atoms with Gasteiger partial charge >= 0.3 is 0 Å². The van der Waals surface area contributed by atoms with Crippen LogP contribution in [-0.4, -0.2) is 53.4 Å². The van der Waals surface area contributed by atoms with Crippen LogP contribution in [0.4, 0.5) is 0 Å². The summed E-state index contributed by atoms with van der Waals surface area (Å²) in [6, 6.07) is 15.0. The van der Waals surface area contributed by atoms with Crippen LogP contribution in [0.3, 0.4) is 0 Å². The molecule has 0 radical (unpaired) electrons. The zero-order valence-corrected chi connectivity index (χ0v) is 20.1. The lowest BCUT2D eigenvalue weighted by Gasteiger charge is -2.12. The van der Waals surface area contributed by atoms with Crippen molar-refractivity contribution in [3.63, 3.8) is 0 Å². The highest BCUT2D eigenvalue weighted by molar-refractivity contribution is 5.94. The van der Waals surface area contributed by atoms with Gasteiger partial charge in [0.1, 0.15) is 5.69 Å². The number of rotatable bonds is 8. The number of carbonyl (C=O) groups is 1. The number of aromatic amines is 1. The molecule has 1 amide bonds. The van der Waals surface area contributed by atoms with Crippen LogP contribution >= 0.6 is 0 Å². The minimum Gasteiger partial charge on any atom is -0.493 e. The normalized spacial score (nSPS) is 11.0. The predicted octanol–water partition coefficient (Wildman–Crippen LogP) is 3.67. The molecule has 0 spiro atoms. The molecule has 2 heterocycles. The Kier molecular flexibility index (Phi) is 6.81. The Labute approximate surface area is 202 Å². The van der Waals surface area contributed by atoms with Crippen LogP contribution < -0.4 is 19.6 Å². The molecule has 0 unspecified atom stereocenters. The molecule has 10 heteroatoms. The third kappa shape index (κ3) is 4.72. The van der Waals surface area contributed by atoms with E-state index in [1.165, 1.54) is 27.5 Å². The maximum Gasteiger partial charge on any atom is 0.289 e. The van der Waals surface area contributed by atoms with Gasteiger partial charge in [0.15, 0.2) is 11.5 Å². The van der Waals surface area contributed by atoms with Gasteiger partial charge in [-0.15, -0.1) is 0 Å². The molecule has 0 aliphatic carbocycles. The largest absolute Gasteiger partial charge is 0.493 e. The molecule has 2 aromatic carbocycles. The van der Waals surface area contributed by atoms with E-state index in [-0.39, 0.29) is 5.69 Å². The zero-order valence-electron chi connectivity index (χ0n) is 20.1. The van der Waals surface area contributed by atoms with Gasteiger partial charge in [0.25, 0.3) is 5.91 Å². The summed E-state index contributed by atoms with van der Waals surface area (Å²) in [5.41, 5.74) is 7.61. The molecular formula is C25H26N6O4. The van der Waals surface area contributed by atoms with Crippen molar-refractivity contribution in [2.75, 3.05) is 21.3 Å². The number of hydrazone groups is 1. The van der Waals surface area contributed by atoms with Crippen LogP contribution in [0.15, 0.2) is 53.6 Å². The minimum absolute atomic E-state index is 0.272. The lowest BCUT2D eigenvalue weighted by molar-refractivity contribution is 0.0950.